The molecule has 0 radical (unpaired) electrons. The lowest BCUT2D eigenvalue weighted by Gasteiger charge is -2.27. The molecule has 208 valence electrons. The van der Waals surface area contributed by atoms with Gasteiger partial charge < -0.3 is 9.57 Å². The van der Waals surface area contributed by atoms with E-state index in [1.54, 1.807) is 0 Å². The fraction of sp³-hybridized carbons (Fsp3) is 0.467. The molecule has 0 saturated carbocycles. The molecule has 0 aliphatic rings. The third-order valence-corrected chi connectivity index (χ3v) is 6.13. The fourth-order valence-corrected chi connectivity index (χ4v) is 3.54. The fourth-order valence-electron chi connectivity index (χ4n) is 3.54. The number of oxime groups is 1. The summed E-state index contributed by atoms with van der Waals surface area (Å²) in [6.45, 7) is 20.6. The van der Waals surface area contributed by atoms with Crippen LogP contribution < -0.4 is 4.74 Å². The highest BCUT2D eigenvalue weighted by atomic mass is 19.4. The summed E-state index contributed by atoms with van der Waals surface area (Å²) in [5.41, 5.74) is 1.33. The van der Waals surface area contributed by atoms with Crippen molar-refractivity contribution in [3.8, 4) is 5.75 Å². The Labute approximate surface area is 225 Å². The van der Waals surface area contributed by atoms with Gasteiger partial charge in [-0.2, -0.15) is 13.2 Å². The topological polar surface area (TPSA) is 46.4 Å². The van der Waals surface area contributed by atoms with Gasteiger partial charge in [0, 0.05) is 25.2 Å². The van der Waals surface area contributed by atoms with Crippen LogP contribution >= 0.6 is 0 Å². The summed E-state index contributed by atoms with van der Waals surface area (Å²) in [7, 11) is 0. The number of halogens is 3. The van der Waals surface area contributed by atoms with Crippen molar-refractivity contribution in [3.63, 3.8) is 0 Å². The van der Waals surface area contributed by atoms with Crippen LogP contribution in [0, 0.1) is 5.41 Å². The van der Waals surface area contributed by atoms with Gasteiger partial charge in [0.2, 0.25) is 5.90 Å². The number of aliphatic imine (C=N–C) groups is 1. The second kappa shape index (κ2) is 13.1. The Morgan fingerprint density at radius 2 is 1.63 bits per heavy atom. The van der Waals surface area contributed by atoms with E-state index in [1.165, 1.54) is 12.1 Å². The van der Waals surface area contributed by atoms with E-state index >= 15 is 0 Å². The molecule has 0 N–H and O–H groups in total. The molecule has 2 aromatic rings. The van der Waals surface area contributed by atoms with Gasteiger partial charge >= 0.3 is 6.18 Å². The molecule has 0 bridgehead atoms. The van der Waals surface area contributed by atoms with Crippen molar-refractivity contribution in [2.45, 2.75) is 72.7 Å². The minimum Gasteiger partial charge on any atom is -0.484 e. The summed E-state index contributed by atoms with van der Waals surface area (Å²) in [5, 5.41) is 3.52. The van der Waals surface area contributed by atoms with Crippen LogP contribution in [0.4, 0.5) is 13.2 Å². The van der Waals surface area contributed by atoms with Crippen LogP contribution in [0.1, 0.15) is 64.7 Å². The number of rotatable bonds is 12. The van der Waals surface area contributed by atoms with Crippen molar-refractivity contribution in [1.29, 1.82) is 0 Å². The Morgan fingerprint density at radius 3 is 2.18 bits per heavy atom. The van der Waals surface area contributed by atoms with E-state index in [1.807, 2.05) is 59.7 Å². The van der Waals surface area contributed by atoms with Gasteiger partial charge in [-0.25, -0.2) is 4.99 Å². The third kappa shape index (κ3) is 9.97. The molecule has 8 heteroatoms. The number of alkyl halides is 3. The Morgan fingerprint density at radius 1 is 0.974 bits per heavy atom. The first kappa shape index (κ1) is 31.1. The van der Waals surface area contributed by atoms with E-state index in [0.29, 0.717) is 25.7 Å². The van der Waals surface area contributed by atoms with Gasteiger partial charge in [0.25, 0.3) is 0 Å². The standard InChI is InChI=1S/C30H40F3N3O2/c1-22(2)29(6,7)37-26-13-9-11-23(19-26)12-10-18-36(21-35-27(38-34-8)28(3,4)5)20-24-14-16-25(17-15-24)30(31,32)33/h9,11,13-17,19H,1,8,10,12,18,20-21H2,2-7H3/b35-27-. The number of aryl methyl sites for hydroxylation is 1. The van der Waals surface area contributed by atoms with Crippen molar-refractivity contribution >= 4 is 12.6 Å². The number of hydrogen-bond donors (Lipinski definition) is 0. The lowest BCUT2D eigenvalue weighted by molar-refractivity contribution is -0.137. The summed E-state index contributed by atoms with van der Waals surface area (Å²) < 4.78 is 45.1. The second-order valence-electron chi connectivity index (χ2n) is 11.0. The summed E-state index contributed by atoms with van der Waals surface area (Å²) in [6, 6.07) is 13.2. The van der Waals surface area contributed by atoms with Gasteiger partial charge in [0.1, 0.15) is 11.4 Å². The summed E-state index contributed by atoms with van der Waals surface area (Å²) >= 11 is 0. The molecular weight excluding hydrogens is 491 g/mol. The summed E-state index contributed by atoms with van der Waals surface area (Å²) in [5.74, 6) is 1.22. The van der Waals surface area contributed by atoms with Gasteiger partial charge in [0.05, 0.1) is 12.2 Å². The van der Waals surface area contributed by atoms with Crippen LogP contribution in [0.15, 0.2) is 70.8 Å². The average Bonchev–Trinajstić information content (AvgIpc) is 2.80. The van der Waals surface area contributed by atoms with E-state index < -0.39 is 17.3 Å². The maximum Gasteiger partial charge on any atom is 0.416 e. The van der Waals surface area contributed by atoms with E-state index in [-0.39, 0.29) is 5.41 Å². The number of hydrogen-bond acceptors (Lipinski definition) is 5. The zero-order chi connectivity index (χ0) is 28.6. The van der Waals surface area contributed by atoms with Crippen molar-refractivity contribution in [1.82, 2.24) is 4.90 Å². The van der Waals surface area contributed by atoms with E-state index in [9.17, 15) is 13.2 Å². The molecular formula is C30H40F3N3O2. The monoisotopic (exact) mass is 531 g/mol. The van der Waals surface area contributed by atoms with E-state index in [0.717, 1.165) is 47.4 Å². The van der Waals surface area contributed by atoms with Crippen LogP contribution in [0.25, 0.3) is 0 Å². The molecule has 0 aliphatic carbocycles. The molecule has 0 spiro atoms. The van der Waals surface area contributed by atoms with Gasteiger partial charge in [-0.15, -0.1) is 0 Å². The lowest BCUT2D eigenvalue weighted by atomic mass is 9.97. The lowest BCUT2D eigenvalue weighted by Crippen LogP contribution is -2.29. The Balaban J connectivity index is 2.15. The molecule has 0 aliphatic heterocycles. The highest BCUT2D eigenvalue weighted by Crippen LogP contribution is 2.29. The number of nitrogens with zero attached hydrogens (tertiary/aromatic N) is 3. The summed E-state index contributed by atoms with van der Waals surface area (Å²) in [6.07, 6.45) is -2.75. The molecule has 2 rings (SSSR count). The molecule has 2 aromatic carbocycles. The summed E-state index contributed by atoms with van der Waals surface area (Å²) in [4.78, 5) is 12.0. The van der Waals surface area contributed by atoms with Crippen LogP contribution in [0.2, 0.25) is 0 Å². The average molecular weight is 532 g/mol. The molecule has 0 unspecified atom stereocenters. The van der Waals surface area contributed by atoms with Crippen LogP contribution in [-0.4, -0.2) is 36.3 Å². The van der Waals surface area contributed by atoms with E-state index in [4.69, 9.17) is 9.57 Å². The molecule has 0 amide bonds. The van der Waals surface area contributed by atoms with Crippen molar-refractivity contribution in [2.75, 3.05) is 13.2 Å². The minimum absolute atomic E-state index is 0.305. The third-order valence-electron chi connectivity index (χ3n) is 6.13. The van der Waals surface area contributed by atoms with Crippen LogP contribution in [0.5, 0.6) is 5.75 Å². The molecule has 5 nitrogen and oxygen atoms in total. The maximum absolute atomic E-state index is 13.0. The quantitative estimate of drug-likeness (QED) is 0.121. The first-order chi connectivity index (χ1) is 17.6. The van der Waals surface area contributed by atoms with Crippen molar-refractivity contribution < 1.29 is 22.7 Å². The smallest absolute Gasteiger partial charge is 0.416 e. The van der Waals surface area contributed by atoms with Gasteiger partial charge in [-0.05, 0) is 74.6 Å². The van der Waals surface area contributed by atoms with E-state index in [2.05, 4.69) is 34.4 Å². The van der Waals surface area contributed by atoms with Crippen LogP contribution in [-0.2, 0) is 24.0 Å². The second-order valence-corrected chi connectivity index (χ2v) is 11.0. The molecule has 0 aromatic heterocycles. The van der Waals surface area contributed by atoms with Crippen LogP contribution in [0.3, 0.4) is 0 Å². The Bertz CT molecular complexity index is 1100. The zero-order valence-electron chi connectivity index (χ0n) is 23.4. The molecule has 0 atom stereocenters. The predicted molar refractivity (Wildman–Crippen MR) is 149 cm³/mol. The number of ether oxygens (including phenoxy) is 1. The van der Waals surface area contributed by atoms with Gasteiger partial charge in [0.15, 0.2) is 0 Å². The minimum atomic E-state index is -4.36. The SMILES string of the molecule is C=NO/C(=N\CN(CCCc1cccc(OC(C)(C)C(=C)C)c1)Cc1ccc(C(F)(F)F)cc1)C(C)(C)C. The highest BCUT2D eigenvalue weighted by Gasteiger charge is 2.30. The largest absolute Gasteiger partial charge is 0.484 e. The normalized spacial score (nSPS) is 12.9. The first-order valence-corrected chi connectivity index (χ1v) is 12.6. The Kier molecular flexibility index (Phi) is 10.7. The highest BCUT2D eigenvalue weighted by molar-refractivity contribution is 5.81. The van der Waals surface area contributed by atoms with Crippen molar-refractivity contribution in [2.24, 2.45) is 15.6 Å². The molecule has 0 heterocycles. The molecule has 0 saturated heterocycles. The maximum atomic E-state index is 13.0. The molecule has 0 fully saturated rings. The van der Waals surface area contributed by atoms with Crippen molar-refractivity contribution in [3.05, 3.63) is 77.4 Å². The van der Waals surface area contributed by atoms with Gasteiger partial charge in [-0.1, -0.05) is 56.8 Å². The number of benzene rings is 2. The molecule has 38 heavy (non-hydrogen) atoms. The Hall–Kier alpha value is -3.13. The predicted octanol–water partition coefficient (Wildman–Crippen LogP) is 7.91. The van der Waals surface area contributed by atoms with Gasteiger partial charge in [-0.3, -0.25) is 4.90 Å². The zero-order valence-corrected chi connectivity index (χ0v) is 23.4. The first-order valence-electron chi connectivity index (χ1n) is 12.6.